The number of nitrogens with zero attached hydrogens (tertiary/aromatic N) is 3. The Hall–Kier alpha value is -3.28. The fraction of sp³-hybridized carbons (Fsp3) is 0.238. The van der Waals surface area contributed by atoms with Crippen molar-refractivity contribution in [3.8, 4) is 28.6 Å². The van der Waals surface area contributed by atoms with Crippen LogP contribution in [-0.2, 0) is 11.3 Å². The van der Waals surface area contributed by atoms with Crippen LogP contribution in [-0.4, -0.2) is 41.9 Å². The zero-order chi connectivity index (χ0) is 22.2. The summed E-state index contributed by atoms with van der Waals surface area (Å²) in [5.74, 6) is 2.06. The second-order valence-electron chi connectivity index (χ2n) is 6.88. The summed E-state index contributed by atoms with van der Waals surface area (Å²) in [6.07, 6.45) is 0. The molecule has 0 fully saturated rings. The van der Waals surface area contributed by atoms with Gasteiger partial charge < -0.3 is 18.9 Å². The topological polar surface area (TPSA) is 105 Å². The number of rotatable bonds is 6. The molecule has 1 aliphatic heterocycles. The van der Waals surface area contributed by atoms with E-state index in [1.165, 1.54) is 22.7 Å². The van der Waals surface area contributed by atoms with Gasteiger partial charge in [-0.05, 0) is 30.7 Å². The largest absolute Gasteiger partial charge is 0.480 e. The molecule has 4 aromatic rings. The van der Waals surface area contributed by atoms with Crippen molar-refractivity contribution < 1.29 is 23.7 Å². The maximum absolute atomic E-state index is 13.0. The molecule has 0 saturated heterocycles. The Morgan fingerprint density at radius 1 is 1.19 bits per heavy atom. The van der Waals surface area contributed by atoms with Gasteiger partial charge in [-0.15, -0.1) is 22.7 Å². The van der Waals surface area contributed by atoms with E-state index < -0.39 is 0 Å². The second kappa shape index (κ2) is 8.34. The highest BCUT2D eigenvalue weighted by atomic mass is 32.1. The van der Waals surface area contributed by atoms with Gasteiger partial charge in [0.25, 0.3) is 5.91 Å². The maximum Gasteiger partial charge on any atom is 0.267 e. The third-order valence-electron chi connectivity index (χ3n) is 4.87. The van der Waals surface area contributed by atoms with Gasteiger partial charge in [0.15, 0.2) is 22.5 Å². The summed E-state index contributed by atoms with van der Waals surface area (Å²) in [7, 11) is 3.12. The molecule has 0 unspecified atom stereocenters. The smallest absolute Gasteiger partial charge is 0.267 e. The highest BCUT2D eigenvalue weighted by Crippen LogP contribution is 2.38. The van der Waals surface area contributed by atoms with E-state index in [-0.39, 0.29) is 19.3 Å². The molecule has 1 aromatic carbocycles. The third kappa shape index (κ3) is 3.64. The van der Waals surface area contributed by atoms with Crippen LogP contribution in [0.25, 0.3) is 21.5 Å². The van der Waals surface area contributed by atoms with E-state index in [1.54, 1.807) is 14.2 Å². The Morgan fingerprint density at radius 3 is 2.84 bits per heavy atom. The van der Waals surface area contributed by atoms with Gasteiger partial charge in [0.2, 0.25) is 12.7 Å². The Balaban J connectivity index is 1.41. The average Bonchev–Trinajstić information content (AvgIpc) is 3.52. The Kier molecular flexibility index (Phi) is 5.37. The van der Waals surface area contributed by atoms with Crippen LogP contribution in [0.5, 0.6) is 17.4 Å². The summed E-state index contributed by atoms with van der Waals surface area (Å²) >= 11 is 2.64. The molecule has 0 radical (unpaired) electrons. The highest BCUT2D eigenvalue weighted by Gasteiger charge is 2.22. The normalized spacial score (nSPS) is 12.3. The number of hydrogen-bond donors (Lipinski definition) is 1. The van der Waals surface area contributed by atoms with Crippen LogP contribution in [0.2, 0.25) is 0 Å². The van der Waals surface area contributed by atoms with E-state index in [2.05, 4.69) is 20.3 Å². The minimum atomic E-state index is -0.257. The number of aryl methyl sites for hydroxylation is 1. The number of nitrogens with one attached hydrogen (secondary N) is 1. The average molecular weight is 471 g/mol. The van der Waals surface area contributed by atoms with Crippen LogP contribution in [0.15, 0.2) is 23.6 Å². The first-order valence-corrected chi connectivity index (χ1v) is 11.3. The van der Waals surface area contributed by atoms with Crippen molar-refractivity contribution in [3.63, 3.8) is 0 Å². The van der Waals surface area contributed by atoms with Gasteiger partial charge >= 0.3 is 0 Å². The molecule has 3 aromatic heterocycles. The lowest BCUT2D eigenvalue weighted by Gasteiger charge is -2.05. The number of fused-ring (bicyclic) bond motifs is 2. The van der Waals surface area contributed by atoms with Gasteiger partial charge in [0.1, 0.15) is 11.4 Å². The number of thiophene rings is 1. The third-order valence-corrected chi connectivity index (χ3v) is 6.81. The summed E-state index contributed by atoms with van der Waals surface area (Å²) < 4.78 is 21.3. The number of carbonyl (C=O) groups is 1. The van der Waals surface area contributed by atoms with Gasteiger partial charge in [0.05, 0.1) is 23.1 Å². The summed E-state index contributed by atoms with van der Waals surface area (Å²) in [5, 5.41) is 6.00. The van der Waals surface area contributed by atoms with Crippen LogP contribution in [0.3, 0.4) is 0 Å². The molecule has 11 heteroatoms. The van der Waals surface area contributed by atoms with Gasteiger partial charge in [-0.3, -0.25) is 10.1 Å². The van der Waals surface area contributed by atoms with E-state index in [1.807, 2.05) is 30.5 Å². The van der Waals surface area contributed by atoms with Crippen LogP contribution in [0.4, 0.5) is 5.13 Å². The molecular weight excluding hydrogens is 452 g/mol. The number of benzene rings is 1. The number of aromatic nitrogens is 3. The first-order valence-electron chi connectivity index (χ1n) is 9.57. The fourth-order valence-electron chi connectivity index (χ4n) is 3.38. The van der Waals surface area contributed by atoms with Crippen molar-refractivity contribution in [2.45, 2.75) is 13.5 Å². The number of amides is 1. The lowest BCUT2D eigenvalue weighted by Crippen LogP contribution is -2.11. The molecule has 0 atom stereocenters. The molecule has 9 nitrogen and oxygen atoms in total. The molecule has 0 saturated carbocycles. The Morgan fingerprint density at radius 2 is 2.03 bits per heavy atom. The molecule has 0 bridgehead atoms. The SMILES string of the molecule is COCc1nc(OC)c2c(C)c(C(=O)Nc3nc(-c4ccc5c(c4)OCO5)cs3)sc2n1. The lowest BCUT2D eigenvalue weighted by atomic mass is 10.1. The number of anilines is 1. The minimum absolute atomic E-state index is 0.216. The van der Waals surface area contributed by atoms with Crippen molar-refractivity contribution in [3.05, 3.63) is 39.8 Å². The fourth-order valence-corrected chi connectivity index (χ4v) is 5.18. The van der Waals surface area contributed by atoms with Crippen molar-refractivity contribution in [1.29, 1.82) is 0 Å². The molecule has 1 aliphatic rings. The first-order chi connectivity index (χ1) is 15.6. The molecule has 0 spiro atoms. The van der Waals surface area contributed by atoms with Gasteiger partial charge in [-0.25, -0.2) is 9.97 Å². The van der Waals surface area contributed by atoms with Crippen molar-refractivity contribution in [1.82, 2.24) is 15.0 Å². The van der Waals surface area contributed by atoms with E-state index in [9.17, 15) is 4.79 Å². The van der Waals surface area contributed by atoms with Crippen molar-refractivity contribution in [2.75, 3.05) is 26.3 Å². The molecule has 1 N–H and O–H groups in total. The highest BCUT2D eigenvalue weighted by molar-refractivity contribution is 7.21. The zero-order valence-corrected chi connectivity index (χ0v) is 19.1. The van der Waals surface area contributed by atoms with Crippen molar-refractivity contribution >= 4 is 43.9 Å². The van der Waals surface area contributed by atoms with Gasteiger partial charge in [0, 0.05) is 18.1 Å². The first kappa shape index (κ1) is 20.6. The molecule has 32 heavy (non-hydrogen) atoms. The monoisotopic (exact) mass is 470 g/mol. The Labute approximate surface area is 191 Å². The van der Waals surface area contributed by atoms with Gasteiger partial charge in [-0.2, -0.15) is 4.98 Å². The molecule has 4 heterocycles. The lowest BCUT2D eigenvalue weighted by molar-refractivity contribution is 0.103. The standard InChI is InChI=1S/C21H18N4O5S2/c1-10-16-19(28-3)23-15(7-27-2)24-20(16)32-17(10)18(26)25-21-22-12(8-31-21)11-4-5-13-14(6-11)30-9-29-13/h4-6,8H,7,9H2,1-3H3,(H,22,25,26). The number of hydrogen-bond acceptors (Lipinski definition) is 10. The maximum atomic E-state index is 13.0. The summed E-state index contributed by atoms with van der Waals surface area (Å²) in [5.41, 5.74) is 2.39. The quantitative estimate of drug-likeness (QED) is 0.446. The predicted molar refractivity (Wildman–Crippen MR) is 121 cm³/mol. The number of ether oxygens (including phenoxy) is 4. The second-order valence-corrected chi connectivity index (χ2v) is 8.74. The summed E-state index contributed by atoms with van der Waals surface area (Å²) in [4.78, 5) is 27.7. The minimum Gasteiger partial charge on any atom is -0.480 e. The molecule has 5 rings (SSSR count). The van der Waals surface area contributed by atoms with Crippen molar-refractivity contribution in [2.24, 2.45) is 0 Å². The van der Waals surface area contributed by atoms with E-state index >= 15 is 0 Å². The molecule has 1 amide bonds. The van der Waals surface area contributed by atoms with Gasteiger partial charge in [-0.1, -0.05) is 0 Å². The number of thiazole rings is 1. The number of methoxy groups -OCH3 is 2. The Bertz CT molecular complexity index is 1330. The van der Waals surface area contributed by atoms with Crippen LogP contribution < -0.4 is 19.5 Å². The molecular formula is C21H18N4O5S2. The van der Waals surface area contributed by atoms with Crippen LogP contribution in [0, 0.1) is 6.92 Å². The van der Waals surface area contributed by atoms with E-state index in [0.717, 1.165) is 22.2 Å². The predicted octanol–water partition coefficient (Wildman–Crippen LogP) is 4.26. The number of carbonyl (C=O) groups excluding carboxylic acids is 1. The summed E-state index contributed by atoms with van der Waals surface area (Å²) in [6.45, 7) is 2.33. The van der Waals surface area contributed by atoms with Crippen LogP contribution >= 0.6 is 22.7 Å². The summed E-state index contributed by atoms with van der Waals surface area (Å²) in [6, 6.07) is 5.64. The molecule has 164 valence electrons. The molecule has 0 aliphatic carbocycles. The van der Waals surface area contributed by atoms with E-state index in [4.69, 9.17) is 18.9 Å². The zero-order valence-electron chi connectivity index (χ0n) is 17.4. The van der Waals surface area contributed by atoms with E-state index in [0.29, 0.717) is 38.0 Å². The van der Waals surface area contributed by atoms with Crippen LogP contribution in [0.1, 0.15) is 21.1 Å².